The fraction of sp³-hybridized carbons (Fsp3) is 0.364. The lowest BCUT2D eigenvalue weighted by Gasteiger charge is -2.22. The van der Waals surface area contributed by atoms with Crippen LogP contribution >= 0.6 is 0 Å². The van der Waals surface area contributed by atoms with Crippen molar-refractivity contribution in [3.8, 4) is 0 Å². The highest BCUT2D eigenvalue weighted by atomic mass is 16.2. The first-order chi connectivity index (χ1) is 12.8. The molecule has 4 heteroatoms. The summed E-state index contributed by atoms with van der Waals surface area (Å²) in [6.45, 7) is 0.509. The van der Waals surface area contributed by atoms with Crippen molar-refractivity contribution in [2.45, 2.75) is 44.1 Å². The van der Waals surface area contributed by atoms with E-state index in [1.165, 1.54) is 31.2 Å². The standard InChI is InChI=1S/C22H23N3O/c26-20(24-15-18-14-23-19-10-4-7-13-25(18)19)22(17-8-2-1-3-9-17)16-21(22)11-5-6-12-21/h1-4,7-10,13-14H,5-6,11-12,15-16H2,(H,24,26). The highest BCUT2D eigenvalue weighted by Crippen LogP contribution is 2.72. The number of aromatic nitrogens is 2. The first kappa shape index (κ1) is 15.6. The van der Waals surface area contributed by atoms with E-state index in [1.54, 1.807) is 0 Å². The smallest absolute Gasteiger partial charge is 0.231 e. The molecule has 26 heavy (non-hydrogen) atoms. The molecule has 1 atom stereocenters. The molecule has 2 aromatic heterocycles. The molecule has 0 aliphatic heterocycles. The number of hydrogen-bond acceptors (Lipinski definition) is 2. The first-order valence-corrected chi connectivity index (χ1v) is 9.50. The molecule has 0 radical (unpaired) electrons. The summed E-state index contributed by atoms with van der Waals surface area (Å²) in [7, 11) is 0. The van der Waals surface area contributed by atoms with Gasteiger partial charge < -0.3 is 9.72 Å². The van der Waals surface area contributed by atoms with Crippen molar-refractivity contribution < 1.29 is 4.79 Å². The second-order valence-corrected chi connectivity index (χ2v) is 7.80. The van der Waals surface area contributed by atoms with E-state index < -0.39 is 0 Å². The Morgan fingerprint density at radius 2 is 1.85 bits per heavy atom. The minimum Gasteiger partial charge on any atom is -0.350 e. The second kappa shape index (κ2) is 5.70. The van der Waals surface area contributed by atoms with Crippen molar-refractivity contribution in [2.75, 3.05) is 0 Å². The Labute approximate surface area is 153 Å². The van der Waals surface area contributed by atoms with Gasteiger partial charge in [-0.1, -0.05) is 49.2 Å². The quantitative estimate of drug-likeness (QED) is 0.781. The number of hydrogen-bond donors (Lipinski definition) is 1. The van der Waals surface area contributed by atoms with Gasteiger partial charge >= 0.3 is 0 Å². The van der Waals surface area contributed by atoms with Crippen LogP contribution in [0.25, 0.3) is 5.65 Å². The number of carbonyl (C=O) groups excluding carboxylic acids is 1. The van der Waals surface area contributed by atoms with E-state index >= 15 is 0 Å². The first-order valence-electron chi connectivity index (χ1n) is 9.50. The molecule has 4 nitrogen and oxygen atoms in total. The maximum Gasteiger partial charge on any atom is 0.231 e. The van der Waals surface area contributed by atoms with Gasteiger partial charge in [-0.05, 0) is 42.4 Å². The second-order valence-electron chi connectivity index (χ2n) is 7.80. The Bertz CT molecular complexity index is 956. The molecule has 132 valence electrons. The van der Waals surface area contributed by atoms with Crippen molar-refractivity contribution in [2.24, 2.45) is 5.41 Å². The fourth-order valence-electron chi connectivity index (χ4n) is 5.14. The Kier molecular flexibility index (Phi) is 3.42. The van der Waals surface area contributed by atoms with Crippen molar-refractivity contribution in [3.05, 3.63) is 72.2 Å². The van der Waals surface area contributed by atoms with Crippen molar-refractivity contribution in [1.29, 1.82) is 0 Å². The molecule has 2 heterocycles. The number of nitrogens with one attached hydrogen (secondary N) is 1. The number of carbonyl (C=O) groups is 1. The summed E-state index contributed by atoms with van der Waals surface area (Å²) in [4.78, 5) is 17.8. The van der Waals surface area contributed by atoms with Crippen LogP contribution in [-0.2, 0) is 16.8 Å². The van der Waals surface area contributed by atoms with Crippen molar-refractivity contribution in [1.82, 2.24) is 14.7 Å². The molecule has 0 bridgehead atoms. The zero-order valence-corrected chi connectivity index (χ0v) is 14.8. The van der Waals surface area contributed by atoms with Crippen LogP contribution < -0.4 is 5.32 Å². The third kappa shape index (κ3) is 2.14. The zero-order valence-electron chi connectivity index (χ0n) is 14.8. The van der Waals surface area contributed by atoms with Gasteiger partial charge in [0.1, 0.15) is 5.65 Å². The predicted molar refractivity (Wildman–Crippen MR) is 101 cm³/mol. The third-order valence-corrected chi connectivity index (χ3v) is 6.52. The summed E-state index contributed by atoms with van der Waals surface area (Å²) in [5, 5.41) is 3.23. The largest absolute Gasteiger partial charge is 0.350 e. The maximum absolute atomic E-state index is 13.4. The Balaban J connectivity index is 1.42. The lowest BCUT2D eigenvalue weighted by molar-refractivity contribution is -0.124. The lowest BCUT2D eigenvalue weighted by atomic mass is 9.84. The van der Waals surface area contributed by atoms with E-state index in [1.807, 2.05) is 41.1 Å². The molecule has 0 saturated heterocycles. The average molecular weight is 345 g/mol. The van der Waals surface area contributed by atoms with Gasteiger partial charge in [-0.2, -0.15) is 0 Å². The molecule has 2 fully saturated rings. The van der Waals surface area contributed by atoms with Crippen LogP contribution in [0.3, 0.4) is 0 Å². The molecular formula is C22H23N3O. The summed E-state index contributed by atoms with van der Waals surface area (Å²) in [6, 6.07) is 16.3. The van der Waals surface area contributed by atoms with Crippen LogP contribution in [0, 0.1) is 5.41 Å². The molecule has 5 rings (SSSR count). The number of benzene rings is 1. The molecule has 2 saturated carbocycles. The summed E-state index contributed by atoms with van der Waals surface area (Å²) < 4.78 is 2.04. The molecule has 2 aliphatic rings. The van der Waals surface area contributed by atoms with Crippen LogP contribution in [0.5, 0.6) is 0 Å². The van der Waals surface area contributed by atoms with E-state index in [2.05, 4.69) is 34.6 Å². The number of fused-ring (bicyclic) bond motifs is 1. The summed E-state index contributed by atoms with van der Waals surface area (Å²) in [5.74, 6) is 0.177. The summed E-state index contributed by atoms with van der Waals surface area (Å²) >= 11 is 0. The number of rotatable bonds is 4. The van der Waals surface area contributed by atoms with E-state index in [0.717, 1.165) is 17.8 Å². The molecule has 1 aromatic carbocycles. The SMILES string of the molecule is O=C(NCc1cnc2ccccn12)C1(c2ccccc2)CC12CCCC2. The van der Waals surface area contributed by atoms with Crippen LogP contribution in [-0.4, -0.2) is 15.3 Å². The minimum absolute atomic E-state index is 0.177. The van der Waals surface area contributed by atoms with Gasteiger partial charge in [0.25, 0.3) is 0 Å². The summed E-state index contributed by atoms with van der Waals surface area (Å²) in [5.41, 5.74) is 2.94. The molecule has 3 aromatic rings. The van der Waals surface area contributed by atoms with Gasteiger partial charge in [-0.25, -0.2) is 4.98 Å². The molecule has 1 spiro atoms. The maximum atomic E-state index is 13.4. The minimum atomic E-state index is -0.342. The van der Waals surface area contributed by atoms with Gasteiger partial charge in [0.15, 0.2) is 0 Å². The van der Waals surface area contributed by atoms with Crippen LogP contribution in [0.1, 0.15) is 43.4 Å². The number of pyridine rings is 1. The molecule has 2 aliphatic carbocycles. The van der Waals surface area contributed by atoms with E-state index in [4.69, 9.17) is 0 Å². The van der Waals surface area contributed by atoms with E-state index in [-0.39, 0.29) is 16.7 Å². The number of imidazole rings is 1. The van der Waals surface area contributed by atoms with E-state index in [0.29, 0.717) is 6.54 Å². The van der Waals surface area contributed by atoms with Gasteiger partial charge in [-0.3, -0.25) is 4.79 Å². The van der Waals surface area contributed by atoms with Crippen molar-refractivity contribution >= 4 is 11.6 Å². The van der Waals surface area contributed by atoms with Gasteiger partial charge in [0.05, 0.1) is 23.9 Å². The van der Waals surface area contributed by atoms with Gasteiger partial charge in [-0.15, -0.1) is 0 Å². The highest BCUT2D eigenvalue weighted by molar-refractivity contribution is 5.93. The Morgan fingerprint density at radius 3 is 2.65 bits per heavy atom. The van der Waals surface area contributed by atoms with Crippen molar-refractivity contribution in [3.63, 3.8) is 0 Å². The van der Waals surface area contributed by atoms with Crippen LogP contribution in [0.4, 0.5) is 0 Å². The molecular weight excluding hydrogens is 322 g/mol. The van der Waals surface area contributed by atoms with Gasteiger partial charge in [0.2, 0.25) is 5.91 Å². The monoisotopic (exact) mass is 345 g/mol. The molecule has 1 N–H and O–H groups in total. The van der Waals surface area contributed by atoms with E-state index in [9.17, 15) is 4.79 Å². The van der Waals surface area contributed by atoms with Gasteiger partial charge in [0, 0.05) is 6.20 Å². The Hall–Kier alpha value is -2.62. The van der Waals surface area contributed by atoms with Crippen LogP contribution in [0.15, 0.2) is 60.9 Å². The number of amides is 1. The highest BCUT2D eigenvalue weighted by Gasteiger charge is 2.72. The zero-order chi connectivity index (χ0) is 17.6. The fourth-order valence-corrected chi connectivity index (χ4v) is 5.14. The number of nitrogens with zero attached hydrogens (tertiary/aromatic N) is 2. The summed E-state index contributed by atoms with van der Waals surface area (Å²) in [6.07, 6.45) is 9.67. The average Bonchev–Trinajstić information content (AvgIpc) is 2.98. The lowest BCUT2D eigenvalue weighted by Crippen LogP contribution is -2.38. The predicted octanol–water partition coefficient (Wildman–Crippen LogP) is 3.85. The molecule has 1 amide bonds. The van der Waals surface area contributed by atoms with Crippen LogP contribution in [0.2, 0.25) is 0 Å². The molecule has 1 unspecified atom stereocenters. The normalized spacial score (nSPS) is 23.4. The Morgan fingerprint density at radius 1 is 1.08 bits per heavy atom. The third-order valence-electron chi connectivity index (χ3n) is 6.52. The topological polar surface area (TPSA) is 46.4 Å².